The zero-order valence-electron chi connectivity index (χ0n) is 18.8. The van der Waals surface area contributed by atoms with E-state index in [9.17, 15) is 5.26 Å². The Bertz CT molecular complexity index is 1100. The van der Waals surface area contributed by atoms with Crippen LogP contribution < -0.4 is 9.64 Å². The number of hydrogen-bond donors (Lipinski definition) is 0. The number of methoxy groups -OCH3 is 1. The Balaban J connectivity index is 1.54. The second-order valence-electron chi connectivity index (χ2n) is 9.30. The average Bonchev–Trinajstić information content (AvgIpc) is 3.09. The van der Waals surface area contributed by atoms with Crippen LogP contribution in [0.3, 0.4) is 0 Å². The van der Waals surface area contributed by atoms with Gasteiger partial charge in [0.2, 0.25) is 5.82 Å². The zero-order valence-corrected chi connectivity index (χ0v) is 18.8. The Labute approximate surface area is 183 Å². The highest BCUT2D eigenvalue weighted by molar-refractivity contribution is 5.77. The number of fused-ring (bicyclic) bond motifs is 1. The van der Waals surface area contributed by atoms with E-state index in [-0.39, 0.29) is 11.2 Å². The summed E-state index contributed by atoms with van der Waals surface area (Å²) in [7, 11) is 1.73. The molecular formula is C24H30N6O. The van der Waals surface area contributed by atoms with Gasteiger partial charge in [0.05, 0.1) is 12.8 Å². The summed E-state index contributed by atoms with van der Waals surface area (Å²) in [5.41, 5.74) is 3.33. The van der Waals surface area contributed by atoms with Crippen LogP contribution in [0.2, 0.25) is 0 Å². The minimum atomic E-state index is 0.0982. The van der Waals surface area contributed by atoms with Crippen molar-refractivity contribution in [2.24, 2.45) is 5.41 Å². The molecule has 3 aromatic rings. The Morgan fingerprint density at radius 3 is 2.55 bits per heavy atom. The molecular weight excluding hydrogens is 388 g/mol. The van der Waals surface area contributed by atoms with Crippen LogP contribution in [0.1, 0.15) is 32.3 Å². The van der Waals surface area contributed by atoms with E-state index >= 15 is 0 Å². The van der Waals surface area contributed by atoms with Crippen molar-refractivity contribution < 1.29 is 4.74 Å². The molecule has 0 radical (unpaired) electrons. The van der Waals surface area contributed by atoms with E-state index in [0.29, 0.717) is 0 Å². The van der Waals surface area contributed by atoms with Crippen LogP contribution in [-0.2, 0) is 13.1 Å². The number of nitriles is 1. The van der Waals surface area contributed by atoms with Gasteiger partial charge >= 0.3 is 0 Å². The molecule has 3 heterocycles. The molecule has 0 amide bonds. The number of aromatic nitrogens is 3. The number of ether oxygens (including phenoxy) is 1. The first-order chi connectivity index (χ1) is 14.9. The average molecular weight is 419 g/mol. The first-order valence-electron chi connectivity index (χ1n) is 10.7. The quantitative estimate of drug-likeness (QED) is 0.630. The molecule has 1 saturated heterocycles. The van der Waals surface area contributed by atoms with Gasteiger partial charge in [-0.05, 0) is 23.6 Å². The van der Waals surface area contributed by atoms with Gasteiger partial charge in [0.25, 0.3) is 0 Å². The fourth-order valence-corrected chi connectivity index (χ4v) is 4.20. The first kappa shape index (κ1) is 21.1. The van der Waals surface area contributed by atoms with E-state index in [4.69, 9.17) is 4.74 Å². The van der Waals surface area contributed by atoms with Gasteiger partial charge in [0, 0.05) is 56.5 Å². The van der Waals surface area contributed by atoms with Crippen LogP contribution in [0.4, 0.5) is 5.69 Å². The standard InChI is InChI=1S/C24H30N6O/c1-24(2,3)17-30-19(13-18-15-26-22(14-25)27-23(18)30)16-28-9-11-29(12-10-28)20-7-5-6-8-21(20)31-4/h5-8,13,15H,9-12,16-17H2,1-4H3. The number of para-hydroxylation sites is 2. The topological polar surface area (TPSA) is 70.2 Å². The number of benzene rings is 1. The summed E-state index contributed by atoms with van der Waals surface area (Å²) >= 11 is 0. The third-order valence-electron chi connectivity index (χ3n) is 5.64. The molecule has 7 nitrogen and oxygen atoms in total. The lowest BCUT2D eigenvalue weighted by Crippen LogP contribution is -2.46. The predicted molar refractivity (Wildman–Crippen MR) is 122 cm³/mol. The van der Waals surface area contributed by atoms with Gasteiger partial charge in [-0.15, -0.1) is 0 Å². The Hall–Kier alpha value is -3.11. The van der Waals surface area contributed by atoms with Crippen molar-refractivity contribution in [1.29, 1.82) is 5.26 Å². The lowest BCUT2D eigenvalue weighted by atomic mass is 9.97. The molecule has 0 aliphatic carbocycles. The van der Waals surface area contributed by atoms with Crippen molar-refractivity contribution in [3.05, 3.63) is 48.0 Å². The summed E-state index contributed by atoms with van der Waals surface area (Å²) < 4.78 is 7.81. The van der Waals surface area contributed by atoms with E-state index in [0.717, 1.165) is 61.7 Å². The maximum atomic E-state index is 9.24. The SMILES string of the molecule is COc1ccccc1N1CCN(Cc2cc3cnc(C#N)nc3n2CC(C)(C)C)CC1. The number of anilines is 1. The molecule has 0 saturated carbocycles. The summed E-state index contributed by atoms with van der Waals surface area (Å²) in [4.78, 5) is 13.6. The number of hydrogen-bond acceptors (Lipinski definition) is 6. The molecule has 7 heteroatoms. The molecule has 0 unspecified atom stereocenters. The number of nitrogens with zero attached hydrogens (tertiary/aromatic N) is 6. The highest BCUT2D eigenvalue weighted by Gasteiger charge is 2.23. The summed E-state index contributed by atoms with van der Waals surface area (Å²) in [6, 6.07) is 12.5. The van der Waals surface area contributed by atoms with E-state index in [1.165, 1.54) is 5.69 Å². The van der Waals surface area contributed by atoms with Crippen LogP contribution in [-0.4, -0.2) is 52.7 Å². The number of piperazine rings is 1. The smallest absolute Gasteiger partial charge is 0.234 e. The molecule has 2 aromatic heterocycles. The van der Waals surface area contributed by atoms with Crippen molar-refractivity contribution >= 4 is 16.7 Å². The van der Waals surface area contributed by atoms with E-state index in [1.54, 1.807) is 13.3 Å². The van der Waals surface area contributed by atoms with Gasteiger partial charge in [0.15, 0.2) is 0 Å². The van der Waals surface area contributed by atoms with E-state index in [1.807, 2.05) is 12.1 Å². The van der Waals surface area contributed by atoms with Gasteiger partial charge < -0.3 is 14.2 Å². The third-order valence-corrected chi connectivity index (χ3v) is 5.64. The molecule has 1 fully saturated rings. The van der Waals surface area contributed by atoms with Crippen LogP contribution in [0.25, 0.3) is 11.0 Å². The maximum Gasteiger partial charge on any atom is 0.234 e. The monoisotopic (exact) mass is 418 g/mol. The minimum Gasteiger partial charge on any atom is -0.495 e. The lowest BCUT2D eigenvalue weighted by Gasteiger charge is -2.36. The van der Waals surface area contributed by atoms with Crippen LogP contribution in [0, 0.1) is 16.7 Å². The van der Waals surface area contributed by atoms with Gasteiger partial charge in [-0.2, -0.15) is 5.26 Å². The maximum absolute atomic E-state index is 9.24. The Morgan fingerprint density at radius 1 is 1.13 bits per heavy atom. The fraction of sp³-hybridized carbons (Fsp3) is 0.458. The fourth-order valence-electron chi connectivity index (χ4n) is 4.20. The molecule has 4 rings (SSSR count). The zero-order chi connectivity index (χ0) is 22.0. The second-order valence-corrected chi connectivity index (χ2v) is 9.30. The molecule has 1 aliphatic heterocycles. The van der Waals surface area contributed by atoms with Gasteiger partial charge in [-0.3, -0.25) is 4.90 Å². The third kappa shape index (κ3) is 4.64. The van der Waals surface area contributed by atoms with E-state index in [2.05, 4.69) is 69.4 Å². The highest BCUT2D eigenvalue weighted by Crippen LogP contribution is 2.29. The molecule has 0 N–H and O–H groups in total. The van der Waals surface area contributed by atoms with Crippen molar-refractivity contribution in [2.75, 3.05) is 38.2 Å². The summed E-state index contributed by atoms with van der Waals surface area (Å²) in [6.07, 6.45) is 1.77. The first-order valence-corrected chi connectivity index (χ1v) is 10.7. The summed E-state index contributed by atoms with van der Waals surface area (Å²) in [5.74, 6) is 1.14. The van der Waals surface area contributed by atoms with Gasteiger partial charge in [0.1, 0.15) is 17.5 Å². The normalized spacial score (nSPS) is 15.3. The largest absolute Gasteiger partial charge is 0.495 e. The van der Waals surface area contributed by atoms with Crippen LogP contribution in [0.5, 0.6) is 5.75 Å². The van der Waals surface area contributed by atoms with Crippen LogP contribution in [0.15, 0.2) is 36.5 Å². The number of rotatable bonds is 5. The molecule has 0 atom stereocenters. The van der Waals surface area contributed by atoms with Crippen LogP contribution >= 0.6 is 0 Å². The molecule has 0 spiro atoms. The molecule has 1 aliphatic rings. The predicted octanol–water partition coefficient (Wildman–Crippen LogP) is 3.68. The molecule has 162 valence electrons. The van der Waals surface area contributed by atoms with Crippen molar-refractivity contribution in [3.8, 4) is 11.8 Å². The molecule has 0 bridgehead atoms. The molecule has 1 aromatic carbocycles. The highest BCUT2D eigenvalue weighted by atomic mass is 16.5. The lowest BCUT2D eigenvalue weighted by molar-refractivity contribution is 0.238. The molecule has 31 heavy (non-hydrogen) atoms. The second kappa shape index (κ2) is 8.56. The Kier molecular flexibility index (Phi) is 5.84. The van der Waals surface area contributed by atoms with E-state index < -0.39 is 0 Å². The van der Waals surface area contributed by atoms with Crippen molar-refractivity contribution in [3.63, 3.8) is 0 Å². The van der Waals surface area contributed by atoms with Crippen molar-refractivity contribution in [2.45, 2.75) is 33.9 Å². The van der Waals surface area contributed by atoms with Gasteiger partial charge in [-0.1, -0.05) is 32.9 Å². The summed E-state index contributed by atoms with van der Waals surface area (Å²) in [5, 5.41) is 10.2. The minimum absolute atomic E-state index is 0.0982. The Morgan fingerprint density at radius 2 is 1.87 bits per heavy atom. The summed E-state index contributed by atoms with van der Waals surface area (Å²) in [6.45, 7) is 12.2. The van der Waals surface area contributed by atoms with Gasteiger partial charge in [-0.25, -0.2) is 9.97 Å². The van der Waals surface area contributed by atoms with Crippen molar-refractivity contribution in [1.82, 2.24) is 19.4 Å².